The summed E-state index contributed by atoms with van der Waals surface area (Å²) in [6, 6.07) is 10.4. The molecule has 2 aromatic heterocycles. The number of hydrogen-bond donors (Lipinski definition) is 1. The van der Waals surface area contributed by atoms with Crippen LogP contribution in [0.3, 0.4) is 0 Å². The monoisotopic (exact) mass is 414 g/mol. The van der Waals surface area contributed by atoms with E-state index in [-0.39, 0.29) is 0 Å². The van der Waals surface area contributed by atoms with E-state index in [0.29, 0.717) is 6.04 Å². The summed E-state index contributed by atoms with van der Waals surface area (Å²) in [5.41, 5.74) is 2.28. The first-order chi connectivity index (χ1) is 13.7. The van der Waals surface area contributed by atoms with Crippen LogP contribution in [0.15, 0.2) is 36.7 Å². The van der Waals surface area contributed by atoms with E-state index in [1.165, 1.54) is 5.56 Å². The number of halogens is 1. The van der Waals surface area contributed by atoms with Crippen LogP contribution >= 0.6 is 22.9 Å². The minimum atomic E-state index is 0.417. The van der Waals surface area contributed by atoms with E-state index in [1.54, 1.807) is 17.7 Å². The summed E-state index contributed by atoms with van der Waals surface area (Å²) in [5.74, 6) is 1.03. The zero-order chi connectivity index (χ0) is 19.3. The van der Waals surface area contributed by atoms with Crippen LogP contribution in [0.5, 0.6) is 0 Å². The first-order valence-corrected chi connectivity index (χ1v) is 10.8. The number of nitrogens with zero attached hydrogens (tertiary/aromatic N) is 5. The maximum absolute atomic E-state index is 5.95. The van der Waals surface area contributed by atoms with Gasteiger partial charge in [0, 0.05) is 42.3 Å². The third kappa shape index (κ3) is 4.77. The van der Waals surface area contributed by atoms with Gasteiger partial charge in [0.2, 0.25) is 5.13 Å². The molecule has 4 rings (SSSR count). The quantitative estimate of drug-likeness (QED) is 0.651. The van der Waals surface area contributed by atoms with Crippen molar-refractivity contribution in [2.75, 3.05) is 23.3 Å². The number of anilines is 2. The van der Waals surface area contributed by atoms with Gasteiger partial charge >= 0.3 is 0 Å². The van der Waals surface area contributed by atoms with Crippen LogP contribution < -0.4 is 10.2 Å². The van der Waals surface area contributed by atoms with Crippen LogP contribution in [0.1, 0.15) is 36.0 Å². The second-order valence-corrected chi connectivity index (χ2v) is 8.43. The van der Waals surface area contributed by atoms with E-state index in [4.69, 9.17) is 11.6 Å². The number of hydrogen-bond acceptors (Lipinski definition) is 7. The lowest BCUT2D eigenvalue weighted by molar-refractivity contribution is 0.522. The van der Waals surface area contributed by atoms with Gasteiger partial charge in [-0.25, -0.2) is 9.97 Å². The summed E-state index contributed by atoms with van der Waals surface area (Å²) in [5, 5.41) is 14.9. The maximum atomic E-state index is 5.95. The van der Waals surface area contributed by atoms with Gasteiger partial charge in [-0.1, -0.05) is 42.0 Å². The van der Waals surface area contributed by atoms with Crippen molar-refractivity contribution >= 4 is 33.9 Å². The van der Waals surface area contributed by atoms with Crippen LogP contribution in [0.2, 0.25) is 5.02 Å². The molecule has 146 valence electrons. The topological polar surface area (TPSA) is 66.8 Å². The SMILES string of the molecule is CCc1cc(N2CCC(Nc3nnc(Cc4ccc(Cl)cc4)s3)CC2)ncn1. The van der Waals surface area contributed by atoms with Crippen molar-refractivity contribution in [3.8, 4) is 0 Å². The Morgan fingerprint density at radius 3 is 2.68 bits per heavy atom. The molecule has 8 heteroatoms. The second-order valence-electron chi connectivity index (χ2n) is 6.93. The molecule has 0 atom stereocenters. The highest BCUT2D eigenvalue weighted by molar-refractivity contribution is 7.15. The molecule has 3 heterocycles. The molecule has 0 unspecified atom stereocenters. The van der Waals surface area contributed by atoms with Crippen LogP contribution in [-0.2, 0) is 12.8 Å². The first-order valence-electron chi connectivity index (χ1n) is 9.59. The Bertz CT molecular complexity index is 905. The smallest absolute Gasteiger partial charge is 0.205 e. The van der Waals surface area contributed by atoms with Crippen molar-refractivity contribution in [1.29, 1.82) is 0 Å². The minimum absolute atomic E-state index is 0.417. The lowest BCUT2D eigenvalue weighted by Crippen LogP contribution is -2.39. The van der Waals surface area contributed by atoms with Crippen molar-refractivity contribution in [3.05, 3.63) is 57.9 Å². The molecular weight excluding hydrogens is 392 g/mol. The Morgan fingerprint density at radius 1 is 1.14 bits per heavy atom. The zero-order valence-corrected chi connectivity index (χ0v) is 17.4. The largest absolute Gasteiger partial charge is 0.357 e. The van der Waals surface area contributed by atoms with E-state index in [9.17, 15) is 0 Å². The second kappa shape index (κ2) is 8.84. The highest BCUT2D eigenvalue weighted by Crippen LogP contribution is 2.24. The molecule has 0 saturated carbocycles. The molecule has 1 saturated heterocycles. The molecule has 1 aromatic carbocycles. The lowest BCUT2D eigenvalue weighted by atomic mass is 10.1. The normalized spacial score (nSPS) is 15.0. The van der Waals surface area contributed by atoms with Crippen LogP contribution in [-0.4, -0.2) is 39.3 Å². The third-order valence-electron chi connectivity index (χ3n) is 4.95. The fraction of sp³-hybridized carbons (Fsp3) is 0.400. The van der Waals surface area contributed by atoms with E-state index >= 15 is 0 Å². The molecule has 1 N–H and O–H groups in total. The molecule has 1 aliphatic rings. The Labute approximate surface area is 174 Å². The number of nitrogens with one attached hydrogen (secondary N) is 1. The molecule has 0 radical (unpaired) electrons. The average molecular weight is 415 g/mol. The number of benzene rings is 1. The summed E-state index contributed by atoms with van der Waals surface area (Å²) < 4.78 is 0. The standard InChI is InChI=1S/C20H23ClN6S/c1-2-16-12-18(23-13-22-16)27-9-7-17(8-10-27)24-20-26-25-19(28-20)11-14-3-5-15(21)6-4-14/h3-6,12-13,17H,2,7-11H2,1H3,(H,24,26). The van der Waals surface area contributed by atoms with Gasteiger partial charge in [-0.2, -0.15) is 0 Å². The Morgan fingerprint density at radius 2 is 1.93 bits per heavy atom. The molecule has 6 nitrogen and oxygen atoms in total. The fourth-order valence-electron chi connectivity index (χ4n) is 3.34. The van der Waals surface area contributed by atoms with Gasteiger partial charge in [-0.3, -0.25) is 0 Å². The van der Waals surface area contributed by atoms with Crippen molar-refractivity contribution < 1.29 is 0 Å². The highest BCUT2D eigenvalue weighted by atomic mass is 35.5. The van der Waals surface area contributed by atoms with Crippen molar-refractivity contribution in [2.45, 2.75) is 38.6 Å². The van der Waals surface area contributed by atoms with Gasteiger partial charge in [0.1, 0.15) is 17.2 Å². The van der Waals surface area contributed by atoms with Crippen LogP contribution in [0.4, 0.5) is 10.9 Å². The van der Waals surface area contributed by atoms with Crippen LogP contribution in [0, 0.1) is 0 Å². The Hall–Kier alpha value is -2.25. The predicted molar refractivity (Wildman–Crippen MR) is 114 cm³/mol. The van der Waals surface area contributed by atoms with Crippen LogP contribution in [0.25, 0.3) is 0 Å². The molecule has 0 amide bonds. The summed E-state index contributed by atoms with van der Waals surface area (Å²) in [6.07, 6.45) is 5.49. The third-order valence-corrected chi connectivity index (χ3v) is 6.06. The van der Waals surface area contributed by atoms with E-state index in [1.807, 2.05) is 24.3 Å². The highest BCUT2D eigenvalue weighted by Gasteiger charge is 2.21. The Kier molecular flexibility index (Phi) is 6.02. The van der Waals surface area contributed by atoms with Gasteiger partial charge in [-0.05, 0) is 37.0 Å². The number of rotatable bonds is 6. The molecular formula is C20H23ClN6S. The van der Waals surface area contributed by atoms with Gasteiger partial charge in [0.05, 0.1) is 0 Å². The maximum Gasteiger partial charge on any atom is 0.205 e. The zero-order valence-electron chi connectivity index (χ0n) is 15.8. The molecule has 1 aliphatic heterocycles. The van der Waals surface area contributed by atoms with E-state index in [0.717, 1.165) is 65.4 Å². The first kappa shape index (κ1) is 19.1. The molecule has 28 heavy (non-hydrogen) atoms. The average Bonchev–Trinajstić information content (AvgIpc) is 3.17. The molecule has 0 bridgehead atoms. The summed E-state index contributed by atoms with van der Waals surface area (Å²) in [7, 11) is 0. The van der Waals surface area contributed by atoms with E-state index in [2.05, 4.69) is 43.4 Å². The Balaban J connectivity index is 1.30. The molecule has 0 spiro atoms. The van der Waals surface area contributed by atoms with E-state index < -0.39 is 0 Å². The molecule has 0 aliphatic carbocycles. The number of aromatic nitrogens is 4. The van der Waals surface area contributed by atoms with Crippen molar-refractivity contribution in [3.63, 3.8) is 0 Å². The predicted octanol–water partition coefficient (Wildman–Crippen LogP) is 4.22. The van der Waals surface area contributed by atoms with Gasteiger partial charge in [0.25, 0.3) is 0 Å². The minimum Gasteiger partial charge on any atom is -0.357 e. The fourth-order valence-corrected chi connectivity index (χ4v) is 4.32. The molecule has 1 fully saturated rings. The molecule has 3 aromatic rings. The van der Waals surface area contributed by atoms with Gasteiger partial charge < -0.3 is 10.2 Å². The summed E-state index contributed by atoms with van der Waals surface area (Å²) >= 11 is 7.57. The number of aryl methyl sites for hydroxylation is 1. The summed E-state index contributed by atoms with van der Waals surface area (Å²) in [4.78, 5) is 11.1. The lowest BCUT2D eigenvalue weighted by Gasteiger charge is -2.33. The number of piperidine rings is 1. The van der Waals surface area contributed by atoms with Crippen molar-refractivity contribution in [2.24, 2.45) is 0 Å². The van der Waals surface area contributed by atoms with Crippen molar-refractivity contribution in [1.82, 2.24) is 20.2 Å². The van der Waals surface area contributed by atoms with Gasteiger partial charge in [0.15, 0.2) is 0 Å². The van der Waals surface area contributed by atoms with Gasteiger partial charge in [-0.15, -0.1) is 10.2 Å². The summed E-state index contributed by atoms with van der Waals surface area (Å²) in [6.45, 7) is 4.08.